The van der Waals surface area contributed by atoms with E-state index in [0.29, 0.717) is 25.6 Å². The minimum absolute atomic E-state index is 0.0262. The lowest BCUT2D eigenvalue weighted by Gasteiger charge is -2.38. The van der Waals surface area contributed by atoms with E-state index in [0.717, 1.165) is 12.2 Å². The van der Waals surface area contributed by atoms with Crippen molar-refractivity contribution in [3.05, 3.63) is 0 Å². The van der Waals surface area contributed by atoms with Crippen LogP contribution in [0.25, 0.3) is 0 Å². The van der Waals surface area contributed by atoms with Crippen LogP contribution in [0, 0.1) is 0 Å². The first-order valence-electron chi connectivity index (χ1n) is 8.14. The van der Waals surface area contributed by atoms with E-state index in [1.165, 1.54) is 0 Å². The van der Waals surface area contributed by atoms with Gasteiger partial charge in [0, 0.05) is 12.4 Å². The molecule has 134 valence electrons. The van der Waals surface area contributed by atoms with E-state index in [1.54, 1.807) is 11.8 Å². The molecule has 3 rings (SSSR count). The normalized spacial score (nSPS) is 44.6. The Bertz CT molecular complexity index is 395. The lowest BCUT2D eigenvalue weighted by molar-refractivity contribution is -0.0994. The minimum Gasteiger partial charge on any atom is -0.388 e. The van der Waals surface area contributed by atoms with Gasteiger partial charge in [-0.15, -0.1) is 0 Å². The second-order valence-corrected chi connectivity index (χ2v) is 7.37. The molecule has 0 aromatic carbocycles. The maximum absolute atomic E-state index is 10.4. The quantitative estimate of drug-likeness (QED) is 0.242. The highest BCUT2D eigenvalue weighted by Gasteiger charge is 2.51. The second kappa shape index (κ2) is 7.91. The fourth-order valence-electron chi connectivity index (χ4n) is 3.38. The van der Waals surface area contributed by atoms with Crippen LogP contribution >= 0.6 is 11.8 Å². The van der Waals surface area contributed by atoms with Crippen molar-refractivity contribution in [1.29, 1.82) is 0 Å². The predicted molar refractivity (Wildman–Crippen MR) is 88.2 cm³/mol. The molecule has 0 radical (unpaired) electrons. The summed E-state index contributed by atoms with van der Waals surface area (Å²) in [7, 11) is 0. The molecule has 23 heavy (non-hydrogen) atoms. The highest BCUT2D eigenvalue weighted by molar-refractivity contribution is 7.99. The van der Waals surface area contributed by atoms with E-state index in [9.17, 15) is 10.2 Å². The van der Waals surface area contributed by atoms with E-state index in [-0.39, 0.29) is 24.5 Å². The van der Waals surface area contributed by atoms with Gasteiger partial charge in [-0.25, -0.2) is 4.90 Å². The molecule has 3 heterocycles. The maximum Gasteiger partial charge on any atom is 0.142 e. The number of thioether (sulfide) groups is 1. The molecule has 0 spiro atoms. The average molecular weight is 348 g/mol. The number of nitrogens with one attached hydrogen (secondary N) is 3. The standard InChI is InChI=1S/C13H28N6O3S/c14-2-1-3-23-4-7-9(20)10(21)13(22-7)19-6-18-8-11(15)16-5-17-12(8)19/h7-13,16-18,20-21H,1-6,14-15H2/t7-,8?,9-,10-,11?,12?,13-/m1/s1. The number of ether oxygens (including phenoxy) is 1. The summed E-state index contributed by atoms with van der Waals surface area (Å²) in [5.74, 6) is 1.58. The Kier molecular flexibility index (Phi) is 6.12. The van der Waals surface area contributed by atoms with Crippen LogP contribution in [0.2, 0.25) is 0 Å². The van der Waals surface area contributed by atoms with Crippen LogP contribution in [0.1, 0.15) is 6.42 Å². The molecule has 10 heteroatoms. The molecule has 3 aliphatic heterocycles. The molecular formula is C13H28N6O3S. The third kappa shape index (κ3) is 3.66. The van der Waals surface area contributed by atoms with Crippen molar-refractivity contribution < 1.29 is 14.9 Å². The van der Waals surface area contributed by atoms with E-state index >= 15 is 0 Å². The van der Waals surface area contributed by atoms with Gasteiger partial charge in [-0.2, -0.15) is 11.8 Å². The van der Waals surface area contributed by atoms with Crippen molar-refractivity contribution in [3.63, 3.8) is 0 Å². The number of rotatable bonds is 6. The summed E-state index contributed by atoms with van der Waals surface area (Å²) in [6, 6.07) is 0.0367. The molecule has 0 aromatic heterocycles. The smallest absolute Gasteiger partial charge is 0.142 e. The molecule has 3 fully saturated rings. The molecule has 0 amide bonds. The van der Waals surface area contributed by atoms with Crippen molar-refractivity contribution in [2.24, 2.45) is 11.5 Å². The third-order valence-electron chi connectivity index (χ3n) is 4.68. The first-order chi connectivity index (χ1) is 11.1. The number of nitrogens with zero attached hydrogens (tertiary/aromatic N) is 1. The molecule has 0 saturated carbocycles. The van der Waals surface area contributed by atoms with E-state index in [1.807, 2.05) is 4.90 Å². The Morgan fingerprint density at radius 2 is 2.04 bits per heavy atom. The van der Waals surface area contributed by atoms with Crippen LogP contribution in [0.5, 0.6) is 0 Å². The van der Waals surface area contributed by atoms with Gasteiger partial charge in [0.25, 0.3) is 0 Å². The van der Waals surface area contributed by atoms with Crippen LogP contribution in [0.4, 0.5) is 0 Å². The zero-order valence-corrected chi connectivity index (χ0v) is 13.9. The largest absolute Gasteiger partial charge is 0.388 e. The van der Waals surface area contributed by atoms with Crippen molar-refractivity contribution >= 4 is 11.8 Å². The monoisotopic (exact) mass is 348 g/mol. The SMILES string of the molecule is NCCCSC[C@H]1O[C@@H](N2CNC3C(N)NCNC32)[C@H](O)[C@@H]1O. The number of aliphatic hydroxyl groups excluding tert-OH is 2. The second-order valence-electron chi connectivity index (χ2n) is 6.22. The fourth-order valence-corrected chi connectivity index (χ4v) is 4.42. The summed E-state index contributed by atoms with van der Waals surface area (Å²) in [4.78, 5) is 2.00. The van der Waals surface area contributed by atoms with Gasteiger partial charge in [-0.3, -0.25) is 16.0 Å². The lowest BCUT2D eigenvalue weighted by Crippen LogP contribution is -2.68. The van der Waals surface area contributed by atoms with Crippen molar-refractivity contribution in [2.75, 3.05) is 31.4 Å². The summed E-state index contributed by atoms with van der Waals surface area (Å²) >= 11 is 1.69. The molecule has 0 aromatic rings. The number of hydrogen-bond donors (Lipinski definition) is 7. The minimum atomic E-state index is -0.927. The molecule has 0 aliphatic carbocycles. The van der Waals surface area contributed by atoms with Gasteiger partial charge in [0.1, 0.15) is 18.4 Å². The van der Waals surface area contributed by atoms with E-state index < -0.39 is 18.4 Å². The van der Waals surface area contributed by atoms with Crippen LogP contribution in [0.15, 0.2) is 0 Å². The van der Waals surface area contributed by atoms with Crippen LogP contribution in [-0.2, 0) is 4.74 Å². The van der Waals surface area contributed by atoms with Gasteiger partial charge in [0.05, 0.1) is 31.1 Å². The van der Waals surface area contributed by atoms with Gasteiger partial charge in [0.15, 0.2) is 0 Å². The summed E-state index contributed by atoms with van der Waals surface area (Å²) < 4.78 is 5.97. The van der Waals surface area contributed by atoms with Crippen LogP contribution in [-0.4, -0.2) is 89.4 Å². The van der Waals surface area contributed by atoms with Gasteiger partial charge >= 0.3 is 0 Å². The number of aliphatic hydroxyl groups is 2. The number of nitrogens with two attached hydrogens (primary N) is 2. The highest BCUT2D eigenvalue weighted by atomic mass is 32.2. The molecule has 9 nitrogen and oxygen atoms in total. The molecular weight excluding hydrogens is 320 g/mol. The summed E-state index contributed by atoms with van der Waals surface area (Å²) in [5.41, 5.74) is 11.5. The topological polar surface area (TPSA) is 141 Å². The Balaban J connectivity index is 1.57. The molecule has 9 N–H and O–H groups in total. The van der Waals surface area contributed by atoms with E-state index in [2.05, 4.69) is 16.0 Å². The van der Waals surface area contributed by atoms with Crippen molar-refractivity contribution in [3.8, 4) is 0 Å². The zero-order valence-electron chi connectivity index (χ0n) is 13.1. The van der Waals surface area contributed by atoms with Gasteiger partial charge in [0.2, 0.25) is 0 Å². The van der Waals surface area contributed by atoms with Crippen LogP contribution < -0.4 is 27.4 Å². The summed E-state index contributed by atoms with van der Waals surface area (Å²) in [5, 5.41) is 30.5. The Morgan fingerprint density at radius 3 is 2.83 bits per heavy atom. The molecule has 7 atom stereocenters. The molecule has 3 aliphatic rings. The summed E-state index contributed by atoms with van der Waals surface area (Å²) in [6.07, 6.45) is -1.95. The van der Waals surface area contributed by atoms with Gasteiger partial charge < -0.3 is 26.4 Å². The lowest BCUT2D eigenvalue weighted by atomic mass is 10.1. The van der Waals surface area contributed by atoms with E-state index in [4.69, 9.17) is 16.2 Å². The van der Waals surface area contributed by atoms with Gasteiger partial charge in [-0.1, -0.05) is 0 Å². The molecule has 3 unspecified atom stereocenters. The fraction of sp³-hybridized carbons (Fsp3) is 1.00. The Morgan fingerprint density at radius 1 is 1.22 bits per heavy atom. The van der Waals surface area contributed by atoms with Crippen LogP contribution in [0.3, 0.4) is 0 Å². The third-order valence-corrected chi connectivity index (χ3v) is 5.82. The Labute approximate surface area is 140 Å². The molecule has 3 saturated heterocycles. The van der Waals surface area contributed by atoms with Crippen molar-refractivity contribution in [2.45, 2.75) is 49.3 Å². The van der Waals surface area contributed by atoms with Crippen molar-refractivity contribution in [1.82, 2.24) is 20.9 Å². The first kappa shape index (κ1) is 17.8. The number of hydrogen-bond acceptors (Lipinski definition) is 10. The number of fused-ring (bicyclic) bond motifs is 1. The first-order valence-corrected chi connectivity index (χ1v) is 9.30. The zero-order chi connectivity index (χ0) is 16.4. The Hall–Kier alpha value is -0.0100. The molecule has 0 bridgehead atoms. The summed E-state index contributed by atoms with van der Waals surface area (Å²) in [6.45, 7) is 1.82. The predicted octanol–water partition coefficient (Wildman–Crippen LogP) is -3.49. The highest BCUT2D eigenvalue weighted by Crippen LogP contribution is 2.29. The maximum atomic E-state index is 10.4. The van der Waals surface area contributed by atoms with Gasteiger partial charge in [-0.05, 0) is 18.7 Å². The average Bonchev–Trinajstić information content (AvgIpc) is 3.09.